The van der Waals surface area contributed by atoms with Gasteiger partial charge in [-0.2, -0.15) is 0 Å². The normalized spacial score (nSPS) is 19.0. The zero-order valence-electron chi connectivity index (χ0n) is 30.9. The van der Waals surface area contributed by atoms with Crippen molar-refractivity contribution in [2.45, 2.75) is 110 Å². The molecule has 6 atom stereocenters. The number of unbranched alkanes of at least 4 members (excludes halogenated alkanes) is 1. The van der Waals surface area contributed by atoms with E-state index in [1.54, 1.807) is 20.8 Å². The SMILES string of the molecule is CC(=O)OC[C@@H](NC(=O)[C@H](CCCCNC(=O)OCc1ccccc1)NC(=O)OC(C)(C)C)[C@H]1O[C@@H](n2ccc(=O)[nH]c2=O)[C@H](OC(C)=O)[C@@H]1OC(C)=O. The summed E-state index contributed by atoms with van der Waals surface area (Å²) in [5.41, 5.74) is -1.78. The van der Waals surface area contributed by atoms with Crippen LogP contribution in [0.4, 0.5) is 9.59 Å². The van der Waals surface area contributed by atoms with Gasteiger partial charge in [0.05, 0.1) is 6.04 Å². The number of hydrogen-bond acceptors (Lipinski definition) is 14. The molecule has 3 amide bonds. The van der Waals surface area contributed by atoms with Crippen molar-refractivity contribution in [2.24, 2.45) is 0 Å². The molecule has 54 heavy (non-hydrogen) atoms. The lowest BCUT2D eigenvalue weighted by molar-refractivity contribution is -0.166. The van der Waals surface area contributed by atoms with E-state index in [4.69, 9.17) is 28.4 Å². The third-order valence-electron chi connectivity index (χ3n) is 7.55. The highest BCUT2D eigenvalue weighted by molar-refractivity contribution is 5.86. The molecule has 0 radical (unpaired) electrons. The fourth-order valence-electron chi connectivity index (χ4n) is 5.35. The fraction of sp³-hybridized carbons (Fsp3) is 0.543. The van der Waals surface area contributed by atoms with Crippen LogP contribution in [0.3, 0.4) is 0 Å². The van der Waals surface area contributed by atoms with E-state index >= 15 is 0 Å². The maximum Gasteiger partial charge on any atom is 0.408 e. The zero-order chi connectivity index (χ0) is 40.0. The van der Waals surface area contributed by atoms with Gasteiger partial charge in [0.1, 0.15) is 31.0 Å². The smallest absolute Gasteiger partial charge is 0.408 e. The molecule has 2 aromatic rings. The van der Waals surface area contributed by atoms with E-state index in [2.05, 4.69) is 20.9 Å². The first-order valence-corrected chi connectivity index (χ1v) is 17.1. The maximum absolute atomic E-state index is 13.9. The second-order valence-electron chi connectivity index (χ2n) is 13.3. The Morgan fingerprint density at radius 3 is 2.13 bits per heavy atom. The van der Waals surface area contributed by atoms with Gasteiger partial charge >= 0.3 is 35.8 Å². The molecule has 0 aliphatic carbocycles. The molecular weight excluding hydrogens is 714 g/mol. The fourth-order valence-corrected chi connectivity index (χ4v) is 5.35. The zero-order valence-corrected chi connectivity index (χ0v) is 30.9. The van der Waals surface area contributed by atoms with Gasteiger partial charge in [0.2, 0.25) is 5.91 Å². The van der Waals surface area contributed by atoms with Gasteiger partial charge in [-0.25, -0.2) is 14.4 Å². The number of aromatic nitrogens is 2. The molecule has 1 aromatic carbocycles. The van der Waals surface area contributed by atoms with Crippen molar-refractivity contribution in [3.8, 4) is 0 Å². The second kappa shape index (κ2) is 19.9. The molecule has 1 fully saturated rings. The number of benzene rings is 1. The van der Waals surface area contributed by atoms with Gasteiger partial charge in [-0.15, -0.1) is 0 Å². The summed E-state index contributed by atoms with van der Waals surface area (Å²) in [5.74, 6) is -3.24. The van der Waals surface area contributed by atoms with E-state index in [1.165, 1.54) is 0 Å². The van der Waals surface area contributed by atoms with Crippen molar-refractivity contribution in [3.05, 3.63) is 69.0 Å². The van der Waals surface area contributed by atoms with E-state index in [0.29, 0.717) is 12.8 Å². The average Bonchev–Trinajstić information content (AvgIpc) is 3.40. The Kier molecular flexibility index (Phi) is 15.8. The van der Waals surface area contributed by atoms with Gasteiger partial charge in [-0.1, -0.05) is 30.3 Å². The van der Waals surface area contributed by atoms with Crippen molar-refractivity contribution in [1.29, 1.82) is 0 Å². The molecule has 1 aliphatic rings. The van der Waals surface area contributed by atoms with Gasteiger partial charge < -0.3 is 44.4 Å². The Hall–Kier alpha value is -5.72. The predicted molar refractivity (Wildman–Crippen MR) is 187 cm³/mol. The molecule has 3 rings (SSSR count). The van der Waals surface area contributed by atoms with E-state index in [9.17, 15) is 38.4 Å². The van der Waals surface area contributed by atoms with E-state index in [1.807, 2.05) is 30.3 Å². The Morgan fingerprint density at radius 1 is 0.852 bits per heavy atom. The van der Waals surface area contributed by atoms with Crippen molar-refractivity contribution in [3.63, 3.8) is 0 Å². The van der Waals surface area contributed by atoms with Crippen molar-refractivity contribution < 1.29 is 57.2 Å². The van der Waals surface area contributed by atoms with Crippen LogP contribution in [0, 0.1) is 0 Å². The van der Waals surface area contributed by atoms with Crippen LogP contribution in [-0.2, 0) is 54.2 Å². The summed E-state index contributed by atoms with van der Waals surface area (Å²) >= 11 is 0. The molecule has 1 aliphatic heterocycles. The molecule has 4 N–H and O–H groups in total. The van der Waals surface area contributed by atoms with Crippen molar-refractivity contribution in [2.75, 3.05) is 13.2 Å². The van der Waals surface area contributed by atoms with E-state index in [-0.39, 0.29) is 19.6 Å². The van der Waals surface area contributed by atoms with Crippen LogP contribution in [0.1, 0.15) is 72.6 Å². The summed E-state index contributed by atoms with van der Waals surface area (Å²) in [4.78, 5) is 102. The number of hydrogen-bond donors (Lipinski definition) is 4. The first kappa shape index (κ1) is 42.7. The number of rotatable bonds is 16. The lowest BCUT2D eigenvalue weighted by Gasteiger charge is -2.30. The summed E-state index contributed by atoms with van der Waals surface area (Å²) in [6.45, 7) is 7.86. The highest BCUT2D eigenvalue weighted by atomic mass is 16.6. The Labute approximate surface area is 310 Å². The Morgan fingerprint density at radius 2 is 1.52 bits per heavy atom. The quantitative estimate of drug-likeness (QED) is 0.107. The number of carbonyl (C=O) groups is 6. The number of carbonyl (C=O) groups excluding carboxylic acids is 6. The number of alkyl carbamates (subject to hydrolysis) is 2. The standard InChI is InChI=1S/C35H47N5O14/c1-20(41)49-19-25(27-28(51-21(2)42)29(52-22(3)43)31(53-27)40-17-15-26(44)39-32(40)46)37-30(45)24(38-34(48)54-35(4,5)6)14-10-11-16-36-33(47)50-18-23-12-8-7-9-13-23/h7-9,12-13,15,17,24-25,27-29,31H,10-11,14,16,18-19H2,1-6H3,(H,36,47)(H,37,45)(H,38,48)(H,39,44,46)/t24-,25+,27+,28+,29+,31+/m0/s1. The van der Waals surface area contributed by atoms with Crippen LogP contribution in [0.5, 0.6) is 0 Å². The highest BCUT2D eigenvalue weighted by Gasteiger charge is 2.54. The summed E-state index contributed by atoms with van der Waals surface area (Å²) in [5, 5.41) is 7.83. The number of nitrogens with zero attached hydrogens (tertiary/aromatic N) is 1. The third kappa shape index (κ3) is 14.0. The van der Waals surface area contributed by atoms with Gasteiger partial charge in [0.25, 0.3) is 5.56 Å². The Bertz CT molecular complexity index is 1740. The molecule has 0 unspecified atom stereocenters. The monoisotopic (exact) mass is 761 g/mol. The minimum absolute atomic E-state index is 0.0382. The lowest BCUT2D eigenvalue weighted by Crippen LogP contribution is -2.57. The molecule has 0 saturated carbocycles. The molecule has 19 heteroatoms. The molecule has 0 spiro atoms. The molecule has 1 saturated heterocycles. The molecule has 1 aromatic heterocycles. The molecule has 2 heterocycles. The van der Waals surface area contributed by atoms with Crippen LogP contribution >= 0.6 is 0 Å². The first-order valence-electron chi connectivity index (χ1n) is 17.1. The number of H-pyrrole nitrogens is 1. The maximum atomic E-state index is 13.9. The molecule has 296 valence electrons. The van der Waals surface area contributed by atoms with Crippen molar-refractivity contribution in [1.82, 2.24) is 25.5 Å². The number of ether oxygens (including phenoxy) is 6. The Balaban J connectivity index is 1.83. The van der Waals surface area contributed by atoms with Gasteiger partial charge in [0.15, 0.2) is 18.4 Å². The van der Waals surface area contributed by atoms with Crippen LogP contribution in [0.15, 0.2) is 52.2 Å². The van der Waals surface area contributed by atoms with Crippen LogP contribution < -0.4 is 27.2 Å². The number of aromatic amines is 1. The largest absolute Gasteiger partial charge is 0.464 e. The first-order chi connectivity index (χ1) is 25.4. The van der Waals surface area contributed by atoms with Gasteiger partial charge in [0, 0.05) is 39.6 Å². The average molecular weight is 762 g/mol. The molecular formula is C35H47N5O14. The summed E-state index contributed by atoms with van der Waals surface area (Å²) < 4.78 is 33.7. The topological polar surface area (TPSA) is 249 Å². The number of amides is 3. The van der Waals surface area contributed by atoms with Gasteiger partial charge in [-0.05, 0) is 45.6 Å². The van der Waals surface area contributed by atoms with E-state index in [0.717, 1.165) is 43.2 Å². The summed E-state index contributed by atoms with van der Waals surface area (Å²) in [6.07, 6.45) is -5.65. The van der Waals surface area contributed by atoms with Crippen LogP contribution in [0.2, 0.25) is 0 Å². The minimum atomic E-state index is -1.49. The molecule has 19 nitrogen and oxygen atoms in total. The lowest BCUT2D eigenvalue weighted by atomic mass is 10.0. The predicted octanol–water partition coefficient (Wildman–Crippen LogP) is 1.34. The summed E-state index contributed by atoms with van der Waals surface area (Å²) in [7, 11) is 0. The number of nitrogens with one attached hydrogen (secondary N) is 4. The minimum Gasteiger partial charge on any atom is -0.464 e. The van der Waals surface area contributed by atoms with E-state index < -0.39 is 96.1 Å². The van der Waals surface area contributed by atoms with Crippen molar-refractivity contribution >= 4 is 36.0 Å². The van der Waals surface area contributed by atoms with Crippen LogP contribution in [0.25, 0.3) is 0 Å². The highest BCUT2D eigenvalue weighted by Crippen LogP contribution is 2.35. The molecule has 0 bridgehead atoms. The third-order valence-corrected chi connectivity index (χ3v) is 7.55. The second-order valence-corrected chi connectivity index (χ2v) is 13.3. The van der Waals surface area contributed by atoms with Crippen LogP contribution in [-0.4, -0.2) is 94.7 Å². The number of esters is 3. The summed E-state index contributed by atoms with van der Waals surface area (Å²) in [6, 6.07) is 7.53. The van der Waals surface area contributed by atoms with Gasteiger partial charge in [-0.3, -0.25) is 33.5 Å².